The molecule has 13 nitrogen and oxygen atoms in total. The van der Waals surface area contributed by atoms with E-state index < -0.39 is 39.6 Å². The molecule has 0 saturated carbocycles. The number of nitrogens with zero attached hydrogens (tertiary/aromatic N) is 4. The van der Waals surface area contributed by atoms with Gasteiger partial charge in [0.1, 0.15) is 17.3 Å². The summed E-state index contributed by atoms with van der Waals surface area (Å²) in [4.78, 5) is 36.3. The second-order valence-electron chi connectivity index (χ2n) is 10.1. The number of phenols is 2. The van der Waals surface area contributed by atoms with Crippen LogP contribution >= 0.6 is 0 Å². The van der Waals surface area contributed by atoms with E-state index in [9.17, 15) is 37.9 Å². The monoisotopic (exact) mass is 693 g/mol. The fourth-order valence-corrected chi connectivity index (χ4v) is 5.62. The van der Waals surface area contributed by atoms with Crippen molar-refractivity contribution in [1.82, 2.24) is 19.8 Å². The number of aliphatic carboxylic acids is 1. The van der Waals surface area contributed by atoms with Gasteiger partial charge in [0.15, 0.2) is 0 Å². The summed E-state index contributed by atoms with van der Waals surface area (Å²) in [6, 6.07) is 18.2. The maximum Gasteiger partial charge on any atom is 2.00 e. The molecule has 15 heteroatoms. The van der Waals surface area contributed by atoms with Crippen LogP contribution in [0.15, 0.2) is 96.2 Å². The van der Waals surface area contributed by atoms with Crippen LogP contribution in [0.25, 0.3) is 0 Å². The number of pyridine rings is 2. The molecule has 0 aliphatic rings. The maximum atomic E-state index is 12.6. The van der Waals surface area contributed by atoms with Crippen LogP contribution in [-0.2, 0) is 36.8 Å². The Morgan fingerprint density at radius 1 is 0.761 bits per heavy atom. The summed E-state index contributed by atoms with van der Waals surface area (Å²) in [6.45, 7) is 0.784. The Kier molecular flexibility index (Phi) is 14.0. The largest absolute Gasteiger partial charge is 2.00 e. The predicted octanol–water partition coefficient (Wildman–Crippen LogP) is 2.46. The molecule has 2 atom stereocenters. The minimum atomic E-state index is -4.64. The first-order chi connectivity index (χ1) is 21.0. The number of rotatable bonds is 14. The standard InChI is InChI=1S/C31H32N4O8S.Mn.H2O/c1-21(36)19-34(31(26-10-5-7-15-33-26)24-18-22(44(41,42)43)12-13-28(24)38)16-17-35(20-29(39)40)30(25-9-4-6-14-32-25)23-8-2-3-11-27(23)37;;/h2-15,18,30-31,37-38H,16-17,19-20H2,1H3,(H,39,40)(H,41,42,43);;1H2/q;+2;/t30?,31-;;/m0../s1. The minimum absolute atomic E-state index is 0. The molecule has 4 rings (SSSR count). The summed E-state index contributed by atoms with van der Waals surface area (Å²) < 4.78 is 33.7. The SMILES string of the molecule is CC(=O)CN(CCN(CC(=O)O)C(c1ccccn1)c1ccccc1O)[C@H](c1ccccn1)c1cc(S(=O)(=O)O)ccc1O.O.[Mn+2]. The van der Waals surface area contributed by atoms with Crippen LogP contribution in [0.1, 0.15) is 41.5 Å². The van der Waals surface area contributed by atoms with Gasteiger partial charge >= 0.3 is 23.0 Å². The third kappa shape index (κ3) is 9.64. The number of carbonyl (C=O) groups excluding carboxylic acids is 1. The molecule has 0 bridgehead atoms. The summed E-state index contributed by atoms with van der Waals surface area (Å²) in [5.74, 6) is -1.76. The molecule has 0 spiro atoms. The molecule has 0 aliphatic heterocycles. The number of Topliss-reactive ketones (excluding diaryl/α,β-unsaturated/α-hetero) is 1. The van der Waals surface area contributed by atoms with Crippen molar-refractivity contribution in [2.45, 2.75) is 23.9 Å². The molecule has 0 fully saturated rings. The Balaban J connectivity index is 0.00000368. The van der Waals surface area contributed by atoms with Crippen LogP contribution in [-0.4, -0.2) is 91.5 Å². The van der Waals surface area contributed by atoms with Crippen LogP contribution in [0.5, 0.6) is 11.5 Å². The first kappa shape index (κ1) is 38.0. The Labute approximate surface area is 276 Å². The number of ketones is 1. The Bertz CT molecular complexity index is 1710. The van der Waals surface area contributed by atoms with E-state index in [0.717, 1.165) is 18.2 Å². The molecular weight excluding hydrogens is 659 g/mol. The number of carboxylic acids is 1. The van der Waals surface area contributed by atoms with E-state index in [1.54, 1.807) is 70.6 Å². The average Bonchev–Trinajstić information content (AvgIpc) is 2.98. The number of para-hydroxylation sites is 1. The van der Waals surface area contributed by atoms with E-state index in [4.69, 9.17) is 0 Å². The molecule has 2 aromatic carbocycles. The number of phenolic OH excluding ortho intramolecular Hbond substituents is 2. The van der Waals surface area contributed by atoms with Gasteiger partial charge in [-0.25, -0.2) is 0 Å². The minimum Gasteiger partial charge on any atom is -0.508 e. The molecule has 1 radical (unpaired) electrons. The molecule has 243 valence electrons. The van der Waals surface area contributed by atoms with E-state index in [-0.39, 0.29) is 65.0 Å². The van der Waals surface area contributed by atoms with Crippen LogP contribution in [0.2, 0.25) is 0 Å². The summed E-state index contributed by atoms with van der Waals surface area (Å²) in [7, 11) is -4.64. The zero-order chi connectivity index (χ0) is 31.9. The van der Waals surface area contributed by atoms with Crippen LogP contribution in [0.4, 0.5) is 0 Å². The second-order valence-corrected chi connectivity index (χ2v) is 11.5. The van der Waals surface area contributed by atoms with Gasteiger partial charge in [0.25, 0.3) is 10.1 Å². The third-order valence-electron chi connectivity index (χ3n) is 6.93. The average molecular weight is 694 g/mol. The zero-order valence-electron chi connectivity index (χ0n) is 24.6. The zero-order valence-corrected chi connectivity index (χ0v) is 26.6. The number of hydrogen-bond donors (Lipinski definition) is 4. The molecule has 6 N–H and O–H groups in total. The molecule has 2 heterocycles. The summed E-state index contributed by atoms with van der Waals surface area (Å²) in [6.07, 6.45) is 3.06. The first-order valence-corrected chi connectivity index (χ1v) is 15.0. The van der Waals surface area contributed by atoms with Crippen molar-refractivity contribution in [3.8, 4) is 11.5 Å². The molecular formula is C31H34MnN4O9S+2. The van der Waals surface area contributed by atoms with E-state index in [1.165, 1.54) is 19.2 Å². The molecule has 46 heavy (non-hydrogen) atoms. The molecule has 0 saturated heterocycles. The van der Waals surface area contributed by atoms with Crippen LogP contribution in [0.3, 0.4) is 0 Å². The number of carboxylic acid groups (broad SMARTS) is 1. The first-order valence-electron chi connectivity index (χ1n) is 13.5. The quantitative estimate of drug-likeness (QED) is 0.111. The van der Waals surface area contributed by atoms with Gasteiger partial charge in [0.05, 0.1) is 41.5 Å². The van der Waals surface area contributed by atoms with Crippen LogP contribution in [0, 0.1) is 0 Å². The van der Waals surface area contributed by atoms with Crippen molar-refractivity contribution in [3.05, 3.63) is 114 Å². The smallest absolute Gasteiger partial charge is 0.508 e. The molecule has 4 aromatic rings. The van der Waals surface area contributed by atoms with Crippen molar-refractivity contribution in [2.24, 2.45) is 0 Å². The van der Waals surface area contributed by atoms with E-state index in [2.05, 4.69) is 9.97 Å². The number of benzene rings is 2. The van der Waals surface area contributed by atoms with E-state index in [0.29, 0.717) is 17.0 Å². The van der Waals surface area contributed by atoms with E-state index >= 15 is 0 Å². The summed E-state index contributed by atoms with van der Waals surface area (Å²) >= 11 is 0. The van der Waals surface area contributed by atoms with Gasteiger partial charge in [-0.15, -0.1) is 0 Å². The Morgan fingerprint density at radius 2 is 1.26 bits per heavy atom. The van der Waals surface area contributed by atoms with Crippen molar-refractivity contribution in [3.63, 3.8) is 0 Å². The molecule has 1 unspecified atom stereocenters. The Morgan fingerprint density at radius 3 is 1.74 bits per heavy atom. The number of hydrogen-bond acceptors (Lipinski definition) is 10. The van der Waals surface area contributed by atoms with Crippen molar-refractivity contribution in [2.75, 3.05) is 26.2 Å². The van der Waals surface area contributed by atoms with Crippen molar-refractivity contribution >= 4 is 21.9 Å². The van der Waals surface area contributed by atoms with Gasteiger partial charge in [-0.1, -0.05) is 30.3 Å². The van der Waals surface area contributed by atoms with Gasteiger partial charge < -0.3 is 20.8 Å². The van der Waals surface area contributed by atoms with Gasteiger partial charge in [0.2, 0.25) is 0 Å². The predicted molar refractivity (Wildman–Crippen MR) is 163 cm³/mol. The number of aromatic hydroxyl groups is 2. The molecule has 0 amide bonds. The maximum absolute atomic E-state index is 12.6. The summed E-state index contributed by atoms with van der Waals surface area (Å²) in [5, 5.41) is 31.6. The normalized spacial score (nSPS) is 12.5. The van der Waals surface area contributed by atoms with Crippen molar-refractivity contribution < 1.29 is 60.4 Å². The third-order valence-corrected chi connectivity index (χ3v) is 7.78. The summed E-state index contributed by atoms with van der Waals surface area (Å²) in [5.41, 5.74) is 1.33. The fourth-order valence-electron chi connectivity index (χ4n) is 5.11. The van der Waals surface area contributed by atoms with Gasteiger partial charge in [0, 0.05) is 36.6 Å². The topological polar surface area (TPSA) is 213 Å². The Hall–Kier alpha value is -4.21. The molecule has 0 aliphatic carbocycles. The van der Waals surface area contributed by atoms with Crippen molar-refractivity contribution in [1.29, 1.82) is 0 Å². The fraction of sp³-hybridized carbons (Fsp3) is 0.226. The number of aromatic nitrogens is 2. The van der Waals surface area contributed by atoms with Gasteiger partial charge in [-0.2, -0.15) is 8.42 Å². The van der Waals surface area contributed by atoms with E-state index in [1.807, 2.05) is 0 Å². The second kappa shape index (κ2) is 16.9. The van der Waals surface area contributed by atoms with Gasteiger partial charge in [-0.3, -0.25) is 33.9 Å². The number of carbonyl (C=O) groups is 2. The van der Waals surface area contributed by atoms with Gasteiger partial charge in [-0.05, 0) is 55.5 Å². The molecule has 2 aromatic heterocycles. The van der Waals surface area contributed by atoms with Crippen LogP contribution < -0.4 is 0 Å².